The highest BCUT2D eigenvalue weighted by Crippen LogP contribution is 2.22. The molecule has 3 rings (SSSR count). The summed E-state index contributed by atoms with van der Waals surface area (Å²) in [5.74, 6) is 1.70. The van der Waals surface area contributed by atoms with Crippen LogP contribution >= 0.6 is 0 Å². The number of guanidine groups is 1. The average molecular weight is 353 g/mol. The van der Waals surface area contributed by atoms with Crippen LogP contribution in [-0.2, 0) is 12.8 Å². The quantitative estimate of drug-likeness (QED) is 0.470. The standard InChI is InChI=1S/C20H27N5O/c1-13-6-5-7-18-19(13)16(12-24-18)8-10-22-20(21-4)23-11-9-17-14(2)25-26-15(17)3/h5-7,12,24H,8-11H2,1-4H3,(H2,21,22,23). The summed E-state index contributed by atoms with van der Waals surface area (Å²) in [6, 6.07) is 6.36. The van der Waals surface area contributed by atoms with Crippen molar-refractivity contribution in [3.63, 3.8) is 0 Å². The van der Waals surface area contributed by atoms with E-state index in [2.05, 4.69) is 57.1 Å². The summed E-state index contributed by atoms with van der Waals surface area (Å²) < 4.78 is 5.20. The largest absolute Gasteiger partial charge is 0.361 e. The summed E-state index contributed by atoms with van der Waals surface area (Å²) in [5, 5.41) is 12.1. The van der Waals surface area contributed by atoms with Crippen LogP contribution in [0.25, 0.3) is 10.9 Å². The van der Waals surface area contributed by atoms with Crippen molar-refractivity contribution in [2.75, 3.05) is 20.1 Å². The predicted molar refractivity (Wildman–Crippen MR) is 106 cm³/mol. The normalized spacial score (nSPS) is 11.9. The van der Waals surface area contributed by atoms with Crippen LogP contribution in [0.4, 0.5) is 0 Å². The fourth-order valence-corrected chi connectivity index (χ4v) is 3.35. The number of hydrogen-bond donors (Lipinski definition) is 3. The summed E-state index contributed by atoms with van der Waals surface area (Å²) in [6.45, 7) is 7.69. The van der Waals surface area contributed by atoms with E-state index in [1.54, 1.807) is 7.05 Å². The maximum absolute atomic E-state index is 5.20. The van der Waals surface area contributed by atoms with Crippen molar-refractivity contribution in [3.8, 4) is 0 Å². The van der Waals surface area contributed by atoms with E-state index in [1.807, 2.05) is 13.8 Å². The molecule has 0 aliphatic rings. The molecule has 0 aliphatic carbocycles. The predicted octanol–water partition coefficient (Wildman–Crippen LogP) is 3.03. The average Bonchev–Trinajstić information content (AvgIpc) is 3.19. The molecule has 138 valence electrons. The second-order valence-electron chi connectivity index (χ2n) is 6.54. The Balaban J connectivity index is 1.50. The Kier molecular flexibility index (Phi) is 5.61. The number of benzene rings is 1. The molecule has 0 unspecified atom stereocenters. The minimum absolute atomic E-state index is 0.786. The zero-order chi connectivity index (χ0) is 18.5. The maximum Gasteiger partial charge on any atom is 0.190 e. The number of aromatic nitrogens is 2. The first-order valence-electron chi connectivity index (χ1n) is 9.02. The molecule has 0 aliphatic heterocycles. The molecule has 0 saturated carbocycles. The molecule has 0 radical (unpaired) electrons. The molecule has 0 fully saturated rings. The lowest BCUT2D eigenvalue weighted by Gasteiger charge is -2.12. The lowest BCUT2D eigenvalue weighted by Crippen LogP contribution is -2.39. The smallest absolute Gasteiger partial charge is 0.190 e. The Morgan fingerprint density at radius 2 is 1.92 bits per heavy atom. The monoisotopic (exact) mass is 353 g/mol. The van der Waals surface area contributed by atoms with Gasteiger partial charge in [-0.1, -0.05) is 17.3 Å². The topological polar surface area (TPSA) is 78.2 Å². The third-order valence-corrected chi connectivity index (χ3v) is 4.75. The summed E-state index contributed by atoms with van der Waals surface area (Å²) in [4.78, 5) is 7.65. The highest BCUT2D eigenvalue weighted by atomic mass is 16.5. The van der Waals surface area contributed by atoms with Gasteiger partial charge in [0.2, 0.25) is 0 Å². The number of nitrogens with zero attached hydrogens (tertiary/aromatic N) is 2. The number of H-pyrrole nitrogens is 1. The first-order valence-corrected chi connectivity index (χ1v) is 9.02. The van der Waals surface area contributed by atoms with Gasteiger partial charge in [-0.2, -0.15) is 0 Å². The van der Waals surface area contributed by atoms with Crippen molar-refractivity contribution in [1.82, 2.24) is 20.8 Å². The van der Waals surface area contributed by atoms with Gasteiger partial charge < -0.3 is 20.1 Å². The van der Waals surface area contributed by atoms with E-state index in [0.717, 1.165) is 43.3 Å². The SMILES string of the molecule is CN=C(NCCc1c(C)noc1C)NCCc1c[nH]c2cccc(C)c12. The van der Waals surface area contributed by atoms with Crippen LogP contribution in [0.3, 0.4) is 0 Å². The van der Waals surface area contributed by atoms with Crippen molar-refractivity contribution in [2.24, 2.45) is 4.99 Å². The molecule has 0 atom stereocenters. The van der Waals surface area contributed by atoms with E-state index >= 15 is 0 Å². The number of aliphatic imine (C=N–C) groups is 1. The second kappa shape index (κ2) is 8.08. The van der Waals surface area contributed by atoms with Gasteiger partial charge in [-0.3, -0.25) is 4.99 Å². The molecule has 6 heteroatoms. The minimum Gasteiger partial charge on any atom is -0.361 e. The number of aromatic amines is 1. The second-order valence-corrected chi connectivity index (χ2v) is 6.54. The summed E-state index contributed by atoms with van der Waals surface area (Å²) in [6.07, 6.45) is 3.91. The molecule has 3 aromatic rings. The molecule has 6 nitrogen and oxygen atoms in total. The number of nitrogens with one attached hydrogen (secondary N) is 3. The van der Waals surface area contributed by atoms with Crippen LogP contribution in [0.5, 0.6) is 0 Å². The first-order chi connectivity index (χ1) is 12.6. The van der Waals surface area contributed by atoms with Crippen molar-refractivity contribution < 1.29 is 4.52 Å². The molecular weight excluding hydrogens is 326 g/mol. The van der Waals surface area contributed by atoms with Gasteiger partial charge in [0.05, 0.1) is 5.69 Å². The van der Waals surface area contributed by atoms with Crippen LogP contribution in [0, 0.1) is 20.8 Å². The van der Waals surface area contributed by atoms with Crippen LogP contribution in [0.2, 0.25) is 0 Å². The first kappa shape index (κ1) is 18.0. The zero-order valence-electron chi connectivity index (χ0n) is 15.9. The van der Waals surface area contributed by atoms with Crippen LogP contribution in [-0.4, -0.2) is 36.2 Å². The lowest BCUT2D eigenvalue weighted by atomic mass is 10.1. The Labute approximate surface area is 154 Å². The third-order valence-electron chi connectivity index (χ3n) is 4.75. The van der Waals surface area contributed by atoms with Crippen LogP contribution in [0.15, 0.2) is 33.9 Å². The van der Waals surface area contributed by atoms with E-state index < -0.39 is 0 Å². The molecular formula is C20H27N5O. The van der Waals surface area contributed by atoms with E-state index in [4.69, 9.17) is 4.52 Å². The van der Waals surface area contributed by atoms with Gasteiger partial charge in [-0.05, 0) is 50.8 Å². The summed E-state index contributed by atoms with van der Waals surface area (Å²) in [7, 11) is 1.79. The molecule has 0 spiro atoms. The molecule has 0 saturated heterocycles. The van der Waals surface area contributed by atoms with E-state index in [9.17, 15) is 0 Å². The van der Waals surface area contributed by atoms with Gasteiger partial charge in [-0.25, -0.2) is 0 Å². The van der Waals surface area contributed by atoms with E-state index in [-0.39, 0.29) is 0 Å². The fraction of sp³-hybridized carbons (Fsp3) is 0.400. The van der Waals surface area contributed by atoms with Crippen LogP contribution in [0.1, 0.15) is 28.1 Å². The fourth-order valence-electron chi connectivity index (χ4n) is 3.35. The van der Waals surface area contributed by atoms with Crippen LogP contribution < -0.4 is 10.6 Å². The Hall–Kier alpha value is -2.76. The lowest BCUT2D eigenvalue weighted by molar-refractivity contribution is 0.392. The van der Waals surface area contributed by atoms with Gasteiger partial charge in [-0.15, -0.1) is 0 Å². The Bertz CT molecular complexity index is 887. The zero-order valence-corrected chi connectivity index (χ0v) is 15.9. The minimum atomic E-state index is 0.786. The molecule has 0 amide bonds. The molecule has 0 bridgehead atoms. The molecule has 2 aromatic heterocycles. The van der Waals surface area contributed by atoms with Gasteiger partial charge in [0.15, 0.2) is 5.96 Å². The molecule has 1 aromatic carbocycles. The van der Waals surface area contributed by atoms with E-state index in [0.29, 0.717) is 0 Å². The van der Waals surface area contributed by atoms with Crippen molar-refractivity contribution in [2.45, 2.75) is 33.6 Å². The number of aryl methyl sites for hydroxylation is 3. The van der Waals surface area contributed by atoms with Crippen molar-refractivity contribution >= 4 is 16.9 Å². The van der Waals surface area contributed by atoms with E-state index in [1.165, 1.54) is 27.6 Å². The maximum atomic E-state index is 5.20. The molecule has 26 heavy (non-hydrogen) atoms. The Morgan fingerprint density at radius 1 is 1.15 bits per heavy atom. The Morgan fingerprint density at radius 3 is 2.62 bits per heavy atom. The number of fused-ring (bicyclic) bond motifs is 1. The van der Waals surface area contributed by atoms with Gasteiger partial charge >= 0.3 is 0 Å². The highest BCUT2D eigenvalue weighted by molar-refractivity contribution is 5.86. The van der Waals surface area contributed by atoms with Crippen molar-refractivity contribution in [3.05, 3.63) is 52.5 Å². The van der Waals surface area contributed by atoms with Gasteiger partial charge in [0, 0.05) is 42.8 Å². The number of rotatable bonds is 6. The highest BCUT2D eigenvalue weighted by Gasteiger charge is 2.09. The molecule has 2 heterocycles. The number of hydrogen-bond acceptors (Lipinski definition) is 3. The van der Waals surface area contributed by atoms with Crippen molar-refractivity contribution in [1.29, 1.82) is 0 Å². The van der Waals surface area contributed by atoms with Gasteiger partial charge in [0.25, 0.3) is 0 Å². The third kappa shape index (κ3) is 3.90. The summed E-state index contributed by atoms with van der Waals surface area (Å²) >= 11 is 0. The van der Waals surface area contributed by atoms with Gasteiger partial charge in [0.1, 0.15) is 5.76 Å². The summed E-state index contributed by atoms with van der Waals surface area (Å²) in [5.41, 5.74) is 5.96. The molecule has 3 N–H and O–H groups in total.